The second kappa shape index (κ2) is 4.85. The molecule has 0 radical (unpaired) electrons. The number of para-hydroxylation sites is 1. The minimum atomic E-state index is -2.81. The standard InChI is InChI=1S/C13H16N2O2S2/c1-9-3-2-4-11-13(9)15-12(18-11)7-14-10-5-6-19(16,17)8-10/h2-4,10,14H,5-8H2,1H3. The Morgan fingerprint density at radius 2 is 2.32 bits per heavy atom. The summed E-state index contributed by atoms with van der Waals surface area (Å²) in [6.07, 6.45) is 0.715. The van der Waals surface area contributed by atoms with E-state index in [4.69, 9.17) is 0 Å². The summed E-state index contributed by atoms with van der Waals surface area (Å²) in [5.41, 5.74) is 2.24. The lowest BCUT2D eigenvalue weighted by atomic mass is 10.2. The highest BCUT2D eigenvalue weighted by Gasteiger charge is 2.27. The van der Waals surface area contributed by atoms with Gasteiger partial charge < -0.3 is 5.32 Å². The van der Waals surface area contributed by atoms with Crippen molar-refractivity contribution < 1.29 is 8.42 Å². The summed E-state index contributed by atoms with van der Waals surface area (Å²) in [6, 6.07) is 6.25. The van der Waals surface area contributed by atoms with E-state index in [1.807, 2.05) is 6.07 Å². The normalized spacial score (nSPS) is 22.1. The molecule has 1 aromatic carbocycles. The number of nitrogens with zero attached hydrogens (tertiary/aromatic N) is 1. The summed E-state index contributed by atoms with van der Waals surface area (Å²) in [4.78, 5) is 4.62. The van der Waals surface area contributed by atoms with Gasteiger partial charge in [0, 0.05) is 12.6 Å². The van der Waals surface area contributed by atoms with E-state index >= 15 is 0 Å². The molecule has 0 amide bonds. The van der Waals surface area contributed by atoms with Gasteiger partial charge in [-0.3, -0.25) is 0 Å². The molecule has 1 aliphatic heterocycles. The SMILES string of the molecule is Cc1cccc2sc(CNC3CCS(=O)(=O)C3)nc12. The Morgan fingerprint density at radius 1 is 1.47 bits per heavy atom. The number of rotatable bonds is 3. The Morgan fingerprint density at radius 3 is 3.00 bits per heavy atom. The number of nitrogens with one attached hydrogen (secondary N) is 1. The first kappa shape index (κ1) is 13.0. The van der Waals surface area contributed by atoms with Crippen molar-refractivity contribution in [3.63, 3.8) is 0 Å². The quantitative estimate of drug-likeness (QED) is 0.939. The maximum atomic E-state index is 11.4. The fourth-order valence-electron chi connectivity index (χ4n) is 2.40. The van der Waals surface area contributed by atoms with Crippen LogP contribution in [0.5, 0.6) is 0 Å². The molecule has 0 bridgehead atoms. The Hall–Kier alpha value is -0.980. The molecule has 2 heterocycles. The van der Waals surface area contributed by atoms with E-state index in [-0.39, 0.29) is 11.8 Å². The molecule has 1 fully saturated rings. The van der Waals surface area contributed by atoms with Crippen molar-refractivity contribution in [3.8, 4) is 0 Å². The number of hydrogen-bond acceptors (Lipinski definition) is 5. The predicted molar refractivity (Wildman–Crippen MR) is 78.3 cm³/mol. The molecular formula is C13H16N2O2S2. The van der Waals surface area contributed by atoms with Crippen molar-refractivity contribution in [2.45, 2.75) is 25.9 Å². The molecule has 1 atom stereocenters. The van der Waals surface area contributed by atoms with Gasteiger partial charge in [0.05, 0.1) is 21.7 Å². The van der Waals surface area contributed by atoms with E-state index in [9.17, 15) is 8.42 Å². The van der Waals surface area contributed by atoms with E-state index < -0.39 is 9.84 Å². The molecule has 3 rings (SSSR count). The van der Waals surface area contributed by atoms with Crippen LogP contribution >= 0.6 is 11.3 Å². The number of aryl methyl sites for hydroxylation is 1. The van der Waals surface area contributed by atoms with Gasteiger partial charge in [0.15, 0.2) is 9.84 Å². The molecule has 1 aromatic heterocycles. The zero-order valence-electron chi connectivity index (χ0n) is 10.7. The predicted octanol–water partition coefficient (Wildman–Crippen LogP) is 1.88. The fourth-order valence-corrected chi connectivity index (χ4v) is 5.10. The monoisotopic (exact) mass is 296 g/mol. The van der Waals surface area contributed by atoms with Crippen molar-refractivity contribution in [2.75, 3.05) is 11.5 Å². The highest BCUT2D eigenvalue weighted by molar-refractivity contribution is 7.91. The van der Waals surface area contributed by atoms with Gasteiger partial charge in [0.2, 0.25) is 0 Å². The van der Waals surface area contributed by atoms with E-state index in [2.05, 4.69) is 29.4 Å². The molecule has 19 heavy (non-hydrogen) atoms. The van der Waals surface area contributed by atoms with Crippen LogP contribution in [0.2, 0.25) is 0 Å². The van der Waals surface area contributed by atoms with Gasteiger partial charge in [0.1, 0.15) is 5.01 Å². The number of thiazole rings is 1. The van der Waals surface area contributed by atoms with Crippen LogP contribution in [0.4, 0.5) is 0 Å². The zero-order valence-corrected chi connectivity index (χ0v) is 12.4. The van der Waals surface area contributed by atoms with Crippen LogP contribution in [0.1, 0.15) is 17.0 Å². The Balaban J connectivity index is 1.71. The van der Waals surface area contributed by atoms with Gasteiger partial charge in [-0.15, -0.1) is 11.3 Å². The maximum Gasteiger partial charge on any atom is 0.151 e. The van der Waals surface area contributed by atoms with Crippen LogP contribution in [0.25, 0.3) is 10.2 Å². The summed E-state index contributed by atoms with van der Waals surface area (Å²) in [7, 11) is -2.81. The summed E-state index contributed by atoms with van der Waals surface area (Å²) in [5, 5.41) is 4.32. The lowest BCUT2D eigenvalue weighted by Crippen LogP contribution is -2.29. The summed E-state index contributed by atoms with van der Waals surface area (Å²) >= 11 is 1.67. The van der Waals surface area contributed by atoms with E-state index in [0.717, 1.165) is 10.5 Å². The molecule has 1 unspecified atom stereocenters. The van der Waals surface area contributed by atoms with Gasteiger partial charge in [-0.2, -0.15) is 0 Å². The first-order valence-electron chi connectivity index (χ1n) is 6.32. The smallest absolute Gasteiger partial charge is 0.151 e. The Kier molecular flexibility index (Phi) is 3.32. The third-order valence-electron chi connectivity index (χ3n) is 3.44. The molecule has 4 nitrogen and oxygen atoms in total. The summed E-state index contributed by atoms with van der Waals surface area (Å²) in [5.74, 6) is 0.570. The molecule has 102 valence electrons. The van der Waals surface area contributed by atoms with Gasteiger partial charge in [-0.25, -0.2) is 13.4 Å². The topological polar surface area (TPSA) is 59.1 Å². The number of hydrogen-bond donors (Lipinski definition) is 1. The minimum Gasteiger partial charge on any atom is -0.307 e. The second-order valence-electron chi connectivity index (χ2n) is 5.01. The van der Waals surface area contributed by atoms with Crippen molar-refractivity contribution in [2.24, 2.45) is 0 Å². The van der Waals surface area contributed by atoms with Crippen LogP contribution < -0.4 is 5.32 Å². The number of benzene rings is 1. The molecule has 1 N–H and O–H groups in total. The Bertz CT molecular complexity index is 707. The average molecular weight is 296 g/mol. The third-order valence-corrected chi connectivity index (χ3v) is 6.23. The van der Waals surface area contributed by atoms with Gasteiger partial charge in [-0.1, -0.05) is 12.1 Å². The van der Waals surface area contributed by atoms with Gasteiger partial charge in [0.25, 0.3) is 0 Å². The van der Waals surface area contributed by atoms with Crippen LogP contribution in [0, 0.1) is 6.92 Å². The van der Waals surface area contributed by atoms with Crippen molar-refractivity contribution in [1.29, 1.82) is 0 Å². The number of fused-ring (bicyclic) bond motifs is 1. The number of sulfone groups is 1. The van der Waals surface area contributed by atoms with Crippen molar-refractivity contribution >= 4 is 31.4 Å². The molecule has 6 heteroatoms. The molecule has 0 saturated carbocycles. The highest BCUT2D eigenvalue weighted by Crippen LogP contribution is 2.24. The van der Waals surface area contributed by atoms with E-state index in [0.29, 0.717) is 18.7 Å². The first-order valence-corrected chi connectivity index (χ1v) is 8.96. The lowest BCUT2D eigenvalue weighted by molar-refractivity contribution is 0.553. The molecule has 1 saturated heterocycles. The van der Waals surface area contributed by atoms with E-state index in [1.165, 1.54) is 10.3 Å². The maximum absolute atomic E-state index is 11.4. The van der Waals surface area contributed by atoms with Gasteiger partial charge in [-0.05, 0) is 25.0 Å². The molecule has 0 spiro atoms. The van der Waals surface area contributed by atoms with Crippen LogP contribution in [0.15, 0.2) is 18.2 Å². The second-order valence-corrected chi connectivity index (χ2v) is 8.35. The zero-order chi connectivity index (χ0) is 13.5. The van der Waals surface area contributed by atoms with E-state index in [1.54, 1.807) is 11.3 Å². The van der Waals surface area contributed by atoms with Crippen LogP contribution in [0.3, 0.4) is 0 Å². The fraction of sp³-hybridized carbons (Fsp3) is 0.462. The molecular weight excluding hydrogens is 280 g/mol. The first-order chi connectivity index (χ1) is 9.03. The highest BCUT2D eigenvalue weighted by atomic mass is 32.2. The summed E-state index contributed by atoms with van der Waals surface area (Å²) in [6.45, 7) is 2.71. The Labute approximate surface area is 116 Å². The molecule has 0 aliphatic carbocycles. The average Bonchev–Trinajstić information content (AvgIpc) is 2.91. The minimum absolute atomic E-state index is 0.0816. The largest absolute Gasteiger partial charge is 0.307 e. The number of aromatic nitrogens is 1. The van der Waals surface area contributed by atoms with Crippen LogP contribution in [-0.2, 0) is 16.4 Å². The van der Waals surface area contributed by atoms with Crippen molar-refractivity contribution in [3.05, 3.63) is 28.8 Å². The molecule has 2 aromatic rings. The van der Waals surface area contributed by atoms with Crippen molar-refractivity contribution in [1.82, 2.24) is 10.3 Å². The van der Waals surface area contributed by atoms with Crippen LogP contribution in [-0.4, -0.2) is 30.9 Å². The summed E-state index contributed by atoms with van der Waals surface area (Å²) < 4.78 is 24.0. The van der Waals surface area contributed by atoms with Gasteiger partial charge >= 0.3 is 0 Å². The third kappa shape index (κ3) is 2.80. The molecule has 1 aliphatic rings. The lowest BCUT2D eigenvalue weighted by Gasteiger charge is -2.07.